The number of benzene rings is 1. The minimum Gasteiger partial charge on any atom is -0.341 e. The Kier molecular flexibility index (Phi) is 7.24. The van der Waals surface area contributed by atoms with Crippen LogP contribution in [0, 0.1) is 17.7 Å². The molecule has 2 aliphatic rings. The van der Waals surface area contributed by atoms with Gasteiger partial charge >= 0.3 is 0 Å². The van der Waals surface area contributed by atoms with E-state index in [0.717, 1.165) is 39.3 Å². The van der Waals surface area contributed by atoms with Crippen molar-refractivity contribution < 1.29 is 14.0 Å². The quantitative estimate of drug-likeness (QED) is 0.818. The van der Waals surface area contributed by atoms with Gasteiger partial charge in [-0.15, -0.1) is 0 Å². The Labute approximate surface area is 173 Å². The molecule has 2 aliphatic heterocycles. The van der Waals surface area contributed by atoms with Crippen LogP contribution in [-0.2, 0) is 9.59 Å². The third-order valence-electron chi connectivity index (χ3n) is 5.97. The molecule has 3 rings (SSSR count). The van der Waals surface area contributed by atoms with Gasteiger partial charge in [0.2, 0.25) is 11.8 Å². The van der Waals surface area contributed by atoms with Crippen molar-refractivity contribution in [3.63, 3.8) is 0 Å². The fourth-order valence-corrected chi connectivity index (χ4v) is 4.54. The lowest BCUT2D eigenvalue weighted by Crippen LogP contribution is -2.56. The lowest BCUT2D eigenvalue weighted by molar-refractivity contribution is -0.140. The predicted octanol–water partition coefficient (Wildman–Crippen LogP) is 2.27. The maximum atomic E-state index is 13.2. The Balaban J connectivity index is 1.44. The van der Waals surface area contributed by atoms with Crippen LogP contribution in [-0.4, -0.2) is 78.4 Å². The molecular weight excluding hydrogens is 371 g/mol. The second-order valence-corrected chi connectivity index (χ2v) is 8.74. The third kappa shape index (κ3) is 6.00. The number of carbonyl (C=O) groups is 2. The van der Waals surface area contributed by atoms with Crippen molar-refractivity contribution in [1.82, 2.24) is 14.7 Å². The first-order valence-corrected chi connectivity index (χ1v) is 10.6. The Morgan fingerprint density at radius 3 is 2.41 bits per heavy atom. The normalized spacial score (nSPS) is 24.9. The topological polar surface area (TPSA) is 55.9 Å². The van der Waals surface area contributed by atoms with Crippen molar-refractivity contribution in [2.45, 2.75) is 33.2 Å². The zero-order chi connectivity index (χ0) is 21.0. The summed E-state index contributed by atoms with van der Waals surface area (Å²) >= 11 is 0. The van der Waals surface area contributed by atoms with Crippen LogP contribution in [0.5, 0.6) is 0 Å². The molecule has 0 saturated carbocycles. The van der Waals surface area contributed by atoms with E-state index in [1.54, 1.807) is 12.1 Å². The van der Waals surface area contributed by atoms with E-state index < -0.39 is 0 Å². The van der Waals surface area contributed by atoms with Gasteiger partial charge in [0.05, 0.1) is 12.6 Å². The molecule has 1 aromatic carbocycles. The van der Waals surface area contributed by atoms with Crippen molar-refractivity contribution in [1.29, 1.82) is 0 Å². The summed E-state index contributed by atoms with van der Waals surface area (Å²) in [5.41, 5.74) is 0.470. The fraction of sp³-hybridized carbons (Fsp3) is 0.636. The van der Waals surface area contributed by atoms with Gasteiger partial charge in [-0.2, -0.15) is 0 Å². The summed E-state index contributed by atoms with van der Waals surface area (Å²) in [5, 5.41) is 2.74. The highest BCUT2D eigenvalue weighted by Gasteiger charge is 2.32. The van der Waals surface area contributed by atoms with Crippen molar-refractivity contribution >= 4 is 17.5 Å². The van der Waals surface area contributed by atoms with Crippen LogP contribution in [0.15, 0.2) is 24.3 Å². The Morgan fingerprint density at radius 1 is 1.14 bits per heavy atom. The number of carbonyl (C=O) groups excluding carboxylic acids is 2. The minimum atomic E-state index is -0.368. The zero-order valence-electron chi connectivity index (χ0n) is 17.7. The molecule has 0 unspecified atom stereocenters. The first kappa shape index (κ1) is 21.7. The number of nitrogens with one attached hydrogen (secondary N) is 1. The molecule has 2 amide bonds. The number of amides is 2. The molecule has 2 fully saturated rings. The number of rotatable bonds is 5. The summed E-state index contributed by atoms with van der Waals surface area (Å²) in [6.07, 6.45) is 1.19. The Hall–Kier alpha value is -1.99. The van der Waals surface area contributed by atoms with E-state index in [9.17, 15) is 14.0 Å². The zero-order valence-corrected chi connectivity index (χ0v) is 17.7. The van der Waals surface area contributed by atoms with Crippen molar-refractivity contribution in [2.75, 3.05) is 51.1 Å². The van der Waals surface area contributed by atoms with Gasteiger partial charge in [-0.05, 0) is 43.4 Å². The molecule has 0 spiro atoms. The molecule has 2 heterocycles. The number of halogens is 1. The molecule has 0 radical (unpaired) electrons. The molecule has 0 aromatic heterocycles. The summed E-state index contributed by atoms with van der Waals surface area (Å²) in [6, 6.07) is 5.78. The molecule has 3 atom stereocenters. The van der Waals surface area contributed by atoms with E-state index in [-0.39, 0.29) is 30.2 Å². The van der Waals surface area contributed by atoms with Gasteiger partial charge in [-0.3, -0.25) is 19.4 Å². The van der Waals surface area contributed by atoms with Crippen LogP contribution in [0.2, 0.25) is 0 Å². The summed E-state index contributed by atoms with van der Waals surface area (Å²) in [6.45, 7) is 11.4. The maximum absolute atomic E-state index is 13.2. The first-order valence-electron chi connectivity index (χ1n) is 10.6. The van der Waals surface area contributed by atoms with Crippen molar-refractivity contribution in [3.8, 4) is 0 Å². The van der Waals surface area contributed by atoms with Crippen LogP contribution in [0.1, 0.15) is 27.2 Å². The number of piperidine rings is 1. The standard InChI is InChI=1S/C22H33FN4O2/c1-16-11-17(2)14-27(13-16)22(29)18(3)26-9-7-25(8-10-26)15-21(28)24-20-6-4-5-19(23)12-20/h4-6,12,16-18H,7-11,13-15H2,1-3H3,(H,24,28)/t16-,17-,18-/m1/s1. The monoisotopic (exact) mass is 404 g/mol. The molecule has 29 heavy (non-hydrogen) atoms. The molecule has 0 aliphatic carbocycles. The average Bonchev–Trinajstić information content (AvgIpc) is 2.66. The van der Waals surface area contributed by atoms with E-state index >= 15 is 0 Å². The summed E-state index contributed by atoms with van der Waals surface area (Å²) in [7, 11) is 0. The number of hydrogen-bond donors (Lipinski definition) is 1. The highest BCUT2D eigenvalue weighted by Crippen LogP contribution is 2.22. The molecule has 160 valence electrons. The minimum absolute atomic E-state index is 0.129. The van der Waals surface area contributed by atoms with E-state index in [0.29, 0.717) is 17.5 Å². The molecule has 7 heteroatoms. The second-order valence-electron chi connectivity index (χ2n) is 8.74. The van der Waals surface area contributed by atoms with Crippen LogP contribution in [0.3, 0.4) is 0 Å². The first-order chi connectivity index (χ1) is 13.8. The van der Waals surface area contributed by atoms with E-state index in [1.165, 1.54) is 18.6 Å². The van der Waals surface area contributed by atoms with Gasteiger partial charge in [-0.1, -0.05) is 19.9 Å². The molecule has 6 nitrogen and oxygen atoms in total. The number of nitrogens with zero attached hydrogens (tertiary/aromatic N) is 3. The smallest absolute Gasteiger partial charge is 0.239 e. The second kappa shape index (κ2) is 9.67. The number of piperazine rings is 1. The molecule has 1 aromatic rings. The van der Waals surface area contributed by atoms with Gasteiger partial charge in [-0.25, -0.2) is 4.39 Å². The van der Waals surface area contributed by atoms with Gasteiger partial charge in [0.25, 0.3) is 0 Å². The van der Waals surface area contributed by atoms with Crippen LogP contribution in [0.25, 0.3) is 0 Å². The van der Waals surface area contributed by atoms with Crippen LogP contribution >= 0.6 is 0 Å². The summed E-state index contributed by atoms with van der Waals surface area (Å²) in [4.78, 5) is 31.5. The SMILES string of the molecule is C[C@@H]1C[C@@H](C)CN(C(=O)[C@@H](C)N2CCN(CC(=O)Nc3cccc(F)c3)CC2)C1. The van der Waals surface area contributed by atoms with E-state index in [2.05, 4.69) is 29.0 Å². The number of hydrogen-bond acceptors (Lipinski definition) is 4. The predicted molar refractivity (Wildman–Crippen MR) is 112 cm³/mol. The largest absolute Gasteiger partial charge is 0.341 e. The van der Waals surface area contributed by atoms with Gasteiger partial charge in [0, 0.05) is 45.0 Å². The van der Waals surface area contributed by atoms with E-state index in [1.807, 2.05) is 11.8 Å². The molecule has 2 saturated heterocycles. The molecule has 0 bridgehead atoms. The molecule has 1 N–H and O–H groups in total. The Bertz CT molecular complexity index is 711. The van der Waals surface area contributed by atoms with Gasteiger partial charge < -0.3 is 10.2 Å². The fourth-order valence-electron chi connectivity index (χ4n) is 4.54. The third-order valence-corrected chi connectivity index (χ3v) is 5.97. The number of likely N-dealkylation sites (tertiary alicyclic amines) is 1. The van der Waals surface area contributed by atoms with Crippen LogP contribution in [0.4, 0.5) is 10.1 Å². The highest BCUT2D eigenvalue weighted by molar-refractivity contribution is 5.92. The average molecular weight is 405 g/mol. The summed E-state index contributed by atoms with van der Waals surface area (Å²) < 4.78 is 13.2. The molecular formula is C22H33FN4O2. The van der Waals surface area contributed by atoms with Crippen molar-refractivity contribution in [3.05, 3.63) is 30.1 Å². The lowest BCUT2D eigenvalue weighted by Gasteiger charge is -2.41. The highest BCUT2D eigenvalue weighted by atomic mass is 19.1. The Morgan fingerprint density at radius 2 is 1.79 bits per heavy atom. The van der Waals surface area contributed by atoms with E-state index in [4.69, 9.17) is 0 Å². The maximum Gasteiger partial charge on any atom is 0.239 e. The van der Waals surface area contributed by atoms with Gasteiger partial charge in [0.1, 0.15) is 5.82 Å². The van der Waals surface area contributed by atoms with Gasteiger partial charge in [0.15, 0.2) is 0 Å². The lowest BCUT2D eigenvalue weighted by atomic mass is 9.91. The van der Waals surface area contributed by atoms with Crippen LogP contribution < -0.4 is 5.32 Å². The van der Waals surface area contributed by atoms with Crippen molar-refractivity contribution in [2.24, 2.45) is 11.8 Å². The number of anilines is 1. The summed E-state index contributed by atoms with van der Waals surface area (Å²) in [5.74, 6) is 0.824.